The first-order chi connectivity index (χ1) is 4.20. The fourth-order valence-corrected chi connectivity index (χ4v) is 0.959. The molecule has 1 saturated heterocycles. The number of hydrogen-bond acceptors (Lipinski definition) is 2. The Morgan fingerprint density at radius 3 is 2.70 bits per heavy atom. The number of halogens is 1. The molecule has 1 aliphatic rings. The molecule has 2 atom stereocenters. The summed E-state index contributed by atoms with van der Waals surface area (Å²) in [5.41, 5.74) is 0. The van der Waals surface area contributed by atoms with Gasteiger partial charge in [0.1, 0.15) is 0 Å². The van der Waals surface area contributed by atoms with Crippen LogP contribution >= 0.6 is 12.4 Å². The van der Waals surface area contributed by atoms with Crippen molar-refractivity contribution in [3.8, 4) is 0 Å². The fourth-order valence-electron chi connectivity index (χ4n) is 0.959. The molecule has 4 heteroatoms. The predicted molar refractivity (Wildman–Crippen MR) is 42.8 cm³/mol. The minimum Gasteiger partial charge on any atom is -0.391 e. The molecular formula is C6H13ClN2O. The van der Waals surface area contributed by atoms with Crippen LogP contribution < -0.4 is 5.32 Å². The normalized spacial score (nSPS) is 32.4. The highest BCUT2D eigenvalue weighted by atomic mass is 35.5. The van der Waals surface area contributed by atoms with Gasteiger partial charge in [0.05, 0.1) is 11.9 Å². The van der Waals surface area contributed by atoms with Crippen LogP contribution in [0, 0.1) is 11.3 Å². The Morgan fingerprint density at radius 1 is 1.70 bits per heavy atom. The zero-order chi connectivity index (χ0) is 6.85. The van der Waals surface area contributed by atoms with Gasteiger partial charge in [-0.1, -0.05) is 6.92 Å². The molecule has 0 amide bonds. The third-order valence-corrected chi connectivity index (χ3v) is 1.71. The van der Waals surface area contributed by atoms with E-state index in [9.17, 15) is 0 Å². The number of hydrogen-bond donors (Lipinski definition) is 3. The zero-order valence-electron chi connectivity index (χ0n) is 5.92. The third-order valence-electron chi connectivity index (χ3n) is 1.71. The summed E-state index contributed by atoms with van der Waals surface area (Å²) in [6.07, 6.45) is 0.417. The maximum absolute atomic E-state index is 9.14. The molecule has 3 N–H and O–H groups in total. The van der Waals surface area contributed by atoms with Gasteiger partial charge in [0, 0.05) is 13.0 Å². The van der Waals surface area contributed by atoms with Crippen molar-refractivity contribution < 1.29 is 5.11 Å². The van der Waals surface area contributed by atoms with E-state index in [0.29, 0.717) is 18.8 Å². The predicted octanol–water partition coefficient (Wildman–Crippen LogP) is 0.376. The first-order valence-electron chi connectivity index (χ1n) is 3.19. The van der Waals surface area contributed by atoms with E-state index in [2.05, 4.69) is 5.32 Å². The molecule has 1 fully saturated rings. The molecule has 1 rings (SSSR count). The molecule has 60 valence electrons. The van der Waals surface area contributed by atoms with Gasteiger partial charge < -0.3 is 10.4 Å². The van der Waals surface area contributed by atoms with Gasteiger partial charge in [-0.05, 0) is 5.92 Å². The van der Waals surface area contributed by atoms with Gasteiger partial charge in [-0.2, -0.15) is 0 Å². The molecule has 0 radical (unpaired) electrons. The van der Waals surface area contributed by atoms with E-state index in [4.69, 9.17) is 10.5 Å². The molecule has 0 spiro atoms. The smallest absolute Gasteiger partial charge is 0.0936 e. The first kappa shape index (κ1) is 9.72. The van der Waals surface area contributed by atoms with Gasteiger partial charge in [-0.15, -0.1) is 12.4 Å². The van der Waals surface area contributed by atoms with Gasteiger partial charge in [0.2, 0.25) is 0 Å². The summed E-state index contributed by atoms with van der Waals surface area (Å²) in [6, 6.07) is 0. The van der Waals surface area contributed by atoms with Crippen molar-refractivity contribution in [2.24, 2.45) is 5.92 Å². The molecule has 0 aliphatic carbocycles. The van der Waals surface area contributed by atoms with Crippen LogP contribution in [0.4, 0.5) is 0 Å². The maximum atomic E-state index is 9.14. The van der Waals surface area contributed by atoms with Crippen molar-refractivity contribution in [3.63, 3.8) is 0 Å². The SMILES string of the molecule is C[C@H]1CC(=N)NC[C@H]1O.Cl. The molecule has 1 heterocycles. The number of nitrogens with one attached hydrogen (secondary N) is 2. The van der Waals surface area contributed by atoms with Crippen molar-refractivity contribution >= 4 is 18.2 Å². The summed E-state index contributed by atoms with van der Waals surface area (Å²) < 4.78 is 0. The molecule has 0 aromatic carbocycles. The van der Waals surface area contributed by atoms with Gasteiger partial charge in [-0.3, -0.25) is 5.41 Å². The molecule has 0 aromatic heterocycles. The Labute approximate surface area is 66.7 Å². The summed E-state index contributed by atoms with van der Waals surface area (Å²) in [4.78, 5) is 0. The minimum atomic E-state index is -0.265. The summed E-state index contributed by atoms with van der Waals surface area (Å²) in [7, 11) is 0. The molecule has 0 aromatic rings. The van der Waals surface area contributed by atoms with E-state index in [1.54, 1.807) is 0 Å². The standard InChI is InChI=1S/C6H12N2O.ClH/c1-4-2-6(7)8-3-5(4)9;/h4-5,9H,2-3H2,1H3,(H2,7,8);1H/t4-,5+;/m0./s1. The van der Waals surface area contributed by atoms with Gasteiger partial charge >= 0.3 is 0 Å². The largest absolute Gasteiger partial charge is 0.391 e. The van der Waals surface area contributed by atoms with Crippen LogP contribution in [-0.4, -0.2) is 23.6 Å². The van der Waals surface area contributed by atoms with Crippen molar-refractivity contribution in [3.05, 3.63) is 0 Å². The van der Waals surface area contributed by atoms with Crippen LogP contribution in [0.5, 0.6) is 0 Å². The van der Waals surface area contributed by atoms with Gasteiger partial charge in [-0.25, -0.2) is 0 Å². The fraction of sp³-hybridized carbons (Fsp3) is 0.833. The Balaban J connectivity index is 0.000000810. The van der Waals surface area contributed by atoms with E-state index >= 15 is 0 Å². The molecule has 0 saturated carbocycles. The van der Waals surface area contributed by atoms with E-state index < -0.39 is 0 Å². The Kier molecular flexibility index (Phi) is 3.68. The van der Waals surface area contributed by atoms with Crippen LogP contribution in [0.1, 0.15) is 13.3 Å². The van der Waals surface area contributed by atoms with E-state index in [-0.39, 0.29) is 24.4 Å². The quantitative estimate of drug-likeness (QED) is 0.485. The van der Waals surface area contributed by atoms with Crippen molar-refractivity contribution in [2.45, 2.75) is 19.4 Å². The van der Waals surface area contributed by atoms with E-state index in [1.165, 1.54) is 0 Å². The maximum Gasteiger partial charge on any atom is 0.0936 e. The zero-order valence-corrected chi connectivity index (χ0v) is 6.74. The molecule has 3 nitrogen and oxygen atoms in total. The number of rotatable bonds is 0. The van der Waals surface area contributed by atoms with Gasteiger partial charge in [0.15, 0.2) is 0 Å². The lowest BCUT2D eigenvalue weighted by Crippen LogP contribution is -2.42. The van der Waals surface area contributed by atoms with Crippen molar-refractivity contribution in [1.82, 2.24) is 5.32 Å². The second-order valence-corrected chi connectivity index (χ2v) is 2.61. The first-order valence-corrected chi connectivity index (χ1v) is 3.19. The number of amidine groups is 1. The van der Waals surface area contributed by atoms with Crippen LogP contribution in [0.3, 0.4) is 0 Å². The molecule has 10 heavy (non-hydrogen) atoms. The average Bonchev–Trinajstić information content (AvgIpc) is 1.80. The highest BCUT2D eigenvalue weighted by Gasteiger charge is 2.20. The highest BCUT2D eigenvalue weighted by molar-refractivity contribution is 5.85. The Bertz CT molecular complexity index is 129. The van der Waals surface area contributed by atoms with Crippen molar-refractivity contribution in [1.29, 1.82) is 5.41 Å². The second kappa shape index (κ2) is 3.78. The van der Waals surface area contributed by atoms with E-state index in [0.717, 1.165) is 0 Å². The Hall–Kier alpha value is -0.280. The average molecular weight is 165 g/mol. The number of aliphatic hydroxyl groups excluding tert-OH is 1. The minimum absolute atomic E-state index is 0. The van der Waals surface area contributed by atoms with Crippen LogP contribution in [-0.2, 0) is 0 Å². The van der Waals surface area contributed by atoms with Gasteiger partial charge in [0.25, 0.3) is 0 Å². The molecule has 0 bridgehead atoms. The monoisotopic (exact) mass is 164 g/mol. The number of aliphatic hydroxyl groups is 1. The summed E-state index contributed by atoms with van der Waals surface area (Å²) in [5, 5.41) is 19.1. The number of β-amino-alcohol motifs (C(OH)–C–C–N with tert-alkyl or cyclic N) is 1. The molecule has 1 aliphatic heterocycles. The number of piperidine rings is 1. The lowest BCUT2D eigenvalue weighted by molar-refractivity contribution is 0.113. The lowest BCUT2D eigenvalue weighted by Gasteiger charge is -2.25. The molecule has 0 unspecified atom stereocenters. The van der Waals surface area contributed by atoms with Crippen LogP contribution in [0.25, 0.3) is 0 Å². The van der Waals surface area contributed by atoms with E-state index in [1.807, 2.05) is 6.92 Å². The van der Waals surface area contributed by atoms with Crippen LogP contribution in [0.15, 0.2) is 0 Å². The topological polar surface area (TPSA) is 56.1 Å². The third kappa shape index (κ3) is 2.15. The van der Waals surface area contributed by atoms with Crippen molar-refractivity contribution in [2.75, 3.05) is 6.54 Å². The summed E-state index contributed by atoms with van der Waals surface area (Å²) in [6.45, 7) is 2.50. The van der Waals surface area contributed by atoms with Crippen LogP contribution in [0.2, 0.25) is 0 Å². The Morgan fingerprint density at radius 2 is 2.30 bits per heavy atom. The lowest BCUT2D eigenvalue weighted by atomic mass is 9.97. The summed E-state index contributed by atoms with van der Waals surface area (Å²) >= 11 is 0. The summed E-state index contributed by atoms with van der Waals surface area (Å²) in [5.74, 6) is 0.798. The molecular weight excluding hydrogens is 152 g/mol. The highest BCUT2D eigenvalue weighted by Crippen LogP contribution is 2.11. The second-order valence-electron chi connectivity index (χ2n) is 2.61.